The summed E-state index contributed by atoms with van der Waals surface area (Å²) in [6.07, 6.45) is 0.776. The third kappa shape index (κ3) is 2.34. The van der Waals surface area contributed by atoms with E-state index < -0.39 is 0 Å². The van der Waals surface area contributed by atoms with Crippen LogP contribution in [0.2, 0.25) is 0 Å². The van der Waals surface area contributed by atoms with Crippen molar-refractivity contribution in [2.45, 2.75) is 19.9 Å². The molecule has 0 unspecified atom stereocenters. The lowest BCUT2D eigenvalue weighted by Crippen LogP contribution is -2.22. The predicted molar refractivity (Wildman–Crippen MR) is 48.6 cm³/mol. The van der Waals surface area contributed by atoms with Gasteiger partial charge in [0.1, 0.15) is 0 Å². The molecule has 3 nitrogen and oxygen atoms in total. The highest BCUT2D eigenvalue weighted by Crippen LogP contribution is 1.90. The Labute approximate surface area is 76.0 Å². The summed E-state index contributed by atoms with van der Waals surface area (Å²) in [5.74, 6) is 0.558. The van der Waals surface area contributed by atoms with E-state index >= 15 is 0 Å². The molecule has 66 valence electrons. The average Bonchev–Trinajstić information content (AvgIpc) is 2.07. The Morgan fingerprint density at radius 3 is 3.00 bits per heavy atom. The van der Waals surface area contributed by atoms with E-state index in [9.17, 15) is 4.79 Å². The van der Waals surface area contributed by atoms with Crippen molar-refractivity contribution in [1.29, 1.82) is 0 Å². The summed E-state index contributed by atoms with van der Waals surface area (Å²) >= 11 is 5.50. The van der Waals surface area contributed by atoms with Crippen LogP contribution in [0.15, 0.2) is 16.9 Å². The number of nitrogens with zero attached hydrogens (tertiary/aromatic N) is 2. The monoisotopic (exact) mass is 186 g/mol. The fraction of sp³-hybridized carbons (Fsp3) is 0.500. The summed E-state index contributed by atoms with van der Waals surface area (Å²) in [7, 11) is 0. The second kappa shape index (κ2) is 4.26. The molecule has 0 saturated carbocycles. The van der Waals surface area contributed by atoms with Crippen molar-refractivity contribution in [1.82, 2.24) is 9.78 Å². The van der Waals surface area contributed by atoms with Crippen molar-refractivity contribution in [3.8, 4) is 0 Å². The molecule has 4 heteroatoms. The molecular weight excluding hydrogens is 176 g/mol. The zero-order valence-corrected chi connectivity index (χ0v) is 7.71. The Bertz CT molecular complexity index is 308. The largest absolute Gasteiger partial charge is 0.268 e. The standard InChI is InChI=1S/C8H11ClN2O/c1-7-3-4-8(12)11(10-7)6-2-5-9/h3-4H,2,5-6H2,1H3. The first-order chi connectivity index (χ1) is 5.74. The van der Waals surface area contributed by atoms with Gasteiger partial charge in [-0.15, -0.1) is 11.6 Å². The summed E-state index contributed by atoms with van der Waals surface area (Å²) in [5.41, 5.74) is 0.787. The van der Waals surface area contributed by atoms with Gasteiger partial charge in [-0.25, -0.2) is 4.68 Å². The number of rotatable bonds is 3. The zero-order chi connectivity index (χ0) is 8.97. The van der Waals surface area contributed by atoms with E-state index in [0.717, 1.165) is 12.1 Å². The van der Waals surface area contributed by atoms with Gasteiger partial charge in [-0.05, 0) is 19.4 Å². The lowest BCUT2D eigenvalue weighted by atomic mass is 10.4. The van der Waals surface area contributed by atoms with Crippen molar-refractivity contribution in [2.24, 2.45) is 0 Å². The molecule has 1 aromatic rings. The highest BCUT2D eigenvalue weighted by molar-refractivity contribution is 6.17. The molecule has 0 aliphatic heterocycles. The molecule has 0 amide bonds. The highest BCUT2D eigenvalue weighted by atomic mass is 35.5. The van der Waals surface area contributed by atoms with Gasteiger partial charge < -0.3 is 0 Å². The summed E-state index contributed by atoms with van der Waals surface area (Å²) in [6.45, 7) is 2.46. The molecule has 1 rings (SSSR count). The molecule has 0 aromatic carbocycles. The topological polar surface area (TPSA) is 34.9 Å². The van der Waals surface area contributed by atoms with Crippen LogP contribution in [0.3, 0.4) is 0 Å². The molecule has 0 fully saturated rings. The van der Waals surface area contributed by atoms with Crippen LogP contribution in [-0.4, -0.2) is 15.7 Å². The molecule has 1 heterocycles. The number of alkyl halides is 1. The van der Waals surface area contributed by atoms with E-state index in [0.29, 0.717) is 12.4 Å². The van der Waals surface area contributed by atoms with Gasteiger partial charge in [-0.1, -0.05) is 0 Å². The average molecular weight is 187 g/mol. The van der Waals surface area contributed by atoms with E-state index in [1.807, 2.05) is 6.92 Å². The third-order valence-electron chi connectivity index (χ3n) is 1.50. The van der Waals surface area contributed by atoms with Crippen LogP contribution in [0.25, 0.3) is 0 Å². The second-order valence-electron chi connectivity index (χ2n) is 2.58. The fourth-order valence-electron chi connectivity index (χ4n) is 0.921. The van der Waals surface area contributed by atoms with Crippen LogP contribution in [0.1, 0.15) is 12.1 Å². The SMILES string of the molecule is Cc1ccc(=O)n(CCCCl)n1. The lowest BCUT2D eigenvalue weighted by molar-refractivity contribution is 0.563. The Morgan fingerprint density at radius 2 is 2.33 bits per heavy atom. The smallest absolute Gasteiger partial charge is 0.266 e. The predicted octanol–water partition coefficient (Wildman–Crippen LogP) is 1.18. The Balaban J connectivity index is 2.83. The molecule has 0 N–H and O–H groups in total. The van der Waals surface area contributed by atoms with Crippen LogP contribution in [0.4, 0.5) is 0 Å². The minimum absolute atomic E-state index is 0.0642. The van der Waals surface area contributed by atoms with Crippen molar-refractivity contribution in [3.63, 3.8) is 0 Å². The maximum Gasteiger partial charge on any atom is 0.266 e. The highest BCUT2D eigenvalue weighted by Gasteiger charge is 1.95. The summed E-state index contributed by atoms with van der Waals surface area (Å²) in [6, 6.07) is 3.23. The lowest BCUT2D eigenvalue weighted by Gasteiger charge is -2.02. The van der Waals surface area contributed by atoms with E-state index in [1.54, 1.807) is 6.07 Å². The minimum atomic E-state index is -0.0642. The maximum atomic E-state index is 11.1. The molecule has 0 spiro atoms. The number of halogens is 1. The first-order valence-electron chi connectivity index (χ1n) is 3.85. The van der Waals surface area contributed by atoms with E-state index in [-0.39, 0.29) is 5.56 Å². The van der Waals surface area contributed by atoms with Crippen molar-refractivity contribution in [2.75, 3.05) is 5.88 Å². The summed E-state index contributed by atoms with van der Waals surface area (Å²) in [5, 5.41) is 4.06. The summed E-state index contributed by atoms with van der Waals surface area (Å²) in [4.78, 5) is 11.1. The quantitative estimate of drug-likeness (QED) is 0.665. The normalized spacial score (nSPS) is 10.2. The van der Waals surface area contributed by atoms with Crippen LogP contribution in [0.5, 0.6) is 0 Å². The molecule has 12 heavy (non-hydrogen) atoms. The molecule has 1 aromatic heterocycles. The van der Waals surface area contributed by atoms with Crippen LogP contribution < -0.4 is 5.56 Å². The third-order valence-corrected chi connectivity index (χ3v) is 1.77. The van der Waals surface area contributed by atoms with Gasteiger partial charge in [0.05, 0.1) is 5.69 Å². The fourth-order valence-corrected chi connectivity index (χ4v) is 1.04. The molecular formula is C8H11ClN2O. The zero-order valence-electron chi connectivity index (χ0n) is 6.96. The van der Waals surface area contributed by atoms with Crippen molar-refractivity contribution >= 4 is 11.6 Å². The number of aromatic nitrogens is 2. The molecule has 0 aliphatic rings. The number of hydrogen-bond donors (Lipinski definition) is 0. The molecule has 0 atom stereocenters. The van der Waals surface area contributed by atoms with Gasteiger partial charge in [0, 0.05) is 18.5 Å². The molecule has 0 saturated heterocycles. The molecule has 0 bridgehead atoms. The van der Waals surface area contributed by atoms with Crippen LogP contribution in [0, 0.1) is 6.92 Å². The van der Waals surface area contributed by atoms with Crippen molar-refractivity contribution in [3.05, 3.63) is 28.2 Å². The van der Waals surface area contributed by atoms with Gasteiger partial charge in [-0.3, -0.25) is 4.79 Å². The van der Waals surface area contributed by atoms with Gasteiger partial charge in [0.2, 0.25) is 0 Å². The Hall–Kier alpha value is -0.830. The molecule has 0 aliphatic carbocycles. The van der Waals surface area contributed by atoms with Gasteiger partial charge >= 0.3 is 0 Å². The van der Waals surface area contributed by atoms with Crippen LogP contribution in [-0.2, 0) is 6.54 Å². The van der Waals surface area contributed by atoms with Crippen LogP contribution >= 0.6 is 11.6 Å². The Kier molecular flexibility index (Phi) is 3.29. The molecule has 0 radical (unpaired) electrons. The summed E-state index contributed by atoms with van der Waals surface area (Å²) < 4.78 is 1.44. The number of hydrogen-bond acceptors (Lipinski definition) is 2. The second-order valence-corrected chi connectivity index (χ2v) is 2.96. The van der Waals surface area contributed by atoms with E-state index in [1.165, 1.54) is 10.7 Å². The number of aryl methyl sites for hydroxylation is 2. The Morgan fingerprint density at radius 1 is 1.58 bits per heavy atom. The van der Waals surface area contributed by atoms with Gasteiger partial charge in [0.25, 0.3) is 5.56 Å². The van der Waals surface area contributed by atoms with Gasteiger partial charge in [-0.2, -0.15) is 5.10 Å². The first-order valence-corrected chi connectivity index (χ1v) is 4.38. The van der Waals surface area contributed by atoms with E-state index in [2.05, 4.69) is 5.10 Å². The first kappa shape index (κ1) is 9.26. The maximum absolute atomic E-state index is 11.1. The minimum Gasteiger partial charge on any atom is -0.268 e. The van der Waals surface area contributed by atoms with Crippen molar-refractivity contribution < 1.29 is 0 Å². The van der Waals surface area contributed by atoms with Gasteiger partial charge in [0.15, 0.2) is 0 Å². The van der Waals surface area contributed by atoms with E-state index in [4.69, 9.17) is 11.6 Å².